The fourth-order valence-electron chi connectivity index (χ4n) is 3.36. The molecule has 0 aliphatic carbocycles. The molecule has 5 nitrogen and oxygen atoms in total. The standard InChI is InChI=1S/C25H33BrN2O3/c1-6-19(5)27-25(30)22(7-2)28(15-20-11-9-8-10-12-20)23(29)16-31-21-13-17(3)24(26)18(4)14-21/h8-14,19,22H,6-7,15-16H2,1-5H3,(H,27,30)/t19-,22+/m1/s1. The number of nitrogens with zero attached hydrogens (tertiary/aromatic N) is 1. The number of carbonyl (C=O) groups excluding carboxylic acids is 2. The van der Waals surface area contributed by atoms with Gasteiger partial charge in [0.05, 0.1) is 0 Å². The maximum Gasteiger partial charge on any atom is 0.261 e. The van der Waals surface area contributed by atoms with E-state index in [9.17, 15) is 9.59 Å². The van der Waals surface area contributed by atoms with E-state index in [1.54, 1.807) is 4.90 Å². The van der Waals surface area contributed by atoms with E-state index in [1.165, 1.54) is 0 Å². The highest BCUT2D eigenvalue weighted by molar-refractivity contribution is 9.10. The molecule has 0 heterocycles. The van der Waals surface area contributed by atoms with Gasteiger partial charge in [-0.25, -0.2) is 0 Å². The summed E-state index contributed by atoms with van der Waals surface area (Å²) in [6.07, 6.45) is 1.36. The molecule has 0 radical (unpaired) electrons. The van der Waals surface area contributed by atoms with Crippen LogP contribution in [0.15, 0.2) is 46.9 Å². The molecule has 0 aromatic heterocycles. The second kappa shape index (κ2) is 11.9. The number of hydrogen-bond donors (Lipinski definition) is 1. The molecule has 2 rings (SSSR count). The zero-order chi connectivity index (χ0) is 23.0. The van der Waals surface area contributed by atoms with E-state index >= 15 is 0 Å². The molecule has 6 heteroatoms. The summed E-state index contributed by atoms with van der Waals surface area (Å²) in [6.45, 7) is 10.1. The van der Waals surface area contributed by atoms with E-state index in [0.29, 0.717) is 18.7 Å². The fraction of sp³-hybridized carbons (Fsp3) is 0.440. The summed E-state index contributed by atoms with van der Waals surface area (Å²) in [5.74, 6) is 0.299. The van der Waals surface area contributed by atoms with Gasteiger partial charge in [-0.1, -0.05) is 60.1 Å². The van der Waals surface area contributed by atoms with Crippen LogP contribution >= 0.6 is 15.9 Å². The Labute approximate surface area is 194 Å². The van der Waals surface area contributed by atoms with Crippen LogP contribution in [0.4, 0.5) is 0 Å². The summed E-state index contributed by atoms with van der Waals surface area (Å²) in [4.78, 5) is 27.8. The van der Waals surface area contributed by atoms with Gasteiger partial charge in [-0.3, -0.25) is 9.59 Å². The van der Waals surface area contributed by atoms with Gasteiger partial charge in [0, 0.05) is 17.1 Å². The second-order valence-corrected chi connectivity index (χ2v) is 8.70. The van der Waals surface area contributed by atoms with Crippen molar-refractivity contribution in [3.63, 3.8) is 0 Å². The molecule has 0 unspecified atom stereocenters. The normalized spacial score (nSPS) is 12.7. The van der Waals surface area contributed by atoms with Gasteiger partial charge in [-0.05, 0) is 62.4 Å². The number of aryl methyl sites for hydroxylation is 2. The van der Waals surface area contributed by atoms with Gasteiger partial charge in [0.2, 0.25) is 5.91 Å². The topological polar surface area (TPSA) is 58.6 Å². The number of amides is 2. The third-order valence-electron chi connectivity index (χ3n) is 5.35. The third kappa shape index (κ3) is 7.10. The lowest BCUT2D eigenvalue weighted by Crippen LogP contribution is -2.51. The summed E-state index contributed by atoms with van der Waals surface area (Å²) < 4.78 is 6.87. The highest BCUT2D eigenvalue weighted by atomic mass is 79.9. The summed E-state index contributed by atoms with van der Waals surface area (Å²) in [5.41, 5.74) is 3.06. The lowest BCUT2D eigenvalue weighted by atomic mass is 10.1. The molecule has 168 valence electrons. The van der Waals surface area contributed by atoms with Crippen LogP contribution in [-0.4, -0.2) is 35.4 Å². The number of benzene rings is 2. The molecule has 0 aliphatic heterocycles. The third-order valence-corrected chi connectivity index (χ3v) is 6.61. The lowest BCUT2D eigenvalue weighted by molar-refractivity contribution is -0.143. The molecule has 2 amide bonds. The van der Waals surface area contributed by atoms with Crippen LogP contribution in [0, 0.1) is 13.8 Å². The van der Waals surface area contributed by atoms with Crippen molar-refractivity contribution in [2.24, 2.45) is 0 Å². The first-order chi connectivity index (χ1) is 14.8. The first kappa shape index (κ1) is 24.9. The Hall–Kier alpha value is -2.34. The summed E-state index contributed by atoms with van der Waals surface area (Å²) in [7, 11) is 0. The average Bonchev–Trinajstić information content (AvgIpc) is 2.76. The molecule has 1 N–H and O–H groups in total. The van der Waals surface area contributed by atoms with Gasteiger partial charge in [-0.15, -0.1) is 0 Å². The predicted molar refractivity (Wildman–Crippen MR) is 128 cm³/mol. The minimum atomic E-state index is -0.557. The van der Waals surface area contributed by atoms with Gasteiger partial charge in [0.25, 0.3) is 5.91 Å². The van der Waals surface area contributed by atoms with Gasteiger partial charge >= 0.3 is 0 Å². The van der Waals surface area contributed by atoms with E-state index in [4.69, 9.17) is 4.74 Å². The maximum absolute atomic E-state index is 13.2. The molecule has 0 aliphatic rings. The Kier molecular flexibility index (Phi) is 9.56. The first-order valence-electron chi connectivity index (χ1n) is 10.8. The molecule has 0 fully saturated rings. The van der Waals surface area contributed by atoms with Crippen LogP contribution in [0.5, 0.6) is 5.75 Å². The SMILES string of the molecule is CC[C@@H](C)NC(=O)[C@H](CC)N(Cc1ccccc1)C(=O)COc1cc(C)c(Br)c(C)c1. The van der Waals surface area contributed by atoms with E-state index in [1.807, 2.05) is 77.1 Å². The van der Waals surface area contributed by atoms with Crippen molar-refractivity contribution in [2.45, 2.75) is 66.1 Å². The Bertz CT molecular complexity index is 863. The summed E-state index contributed by atoms with van der Waals surface area (Å²) in [5, 5.41) is 3.02. The second-order valence-electron chi connectivity index (χ2n) is 7.91. The molecule has 0 saturated heterocycles. The van der Waals surface area contributed by atoms with E-state index in [2.05, 4.69) is 21.2 Å². The highest BCUT2D eigenvalue weighted by Crippen LogP contribution is 2.26. The van der Waals surface area contributed by atoms with Crippen LogP contribution in [0.3, 0.4) is 0 Å². The van der Waals surface area contributed by atoms with Crippen molar-refractivity contribution in [2.75, 3.05) is 6.61 Å². The summed E-state index contributed by atoms with van der Waals surface area (Å²) >= 11 is 3.55. The Balaban J connectivity index is 2.21. The zero-order valence-electron chi connectivity index (χ0n) is 19.1. The van der Waals surface area contributed by atoms with Gasteiger partial charge < -0.3 is 15.0 Å². The van der Waals surface area contributed by atoms with Crippen molar-refractivity contribution in [3.8, 4) is 5.75 Å². The molecule has 2 aromatic carbocycles. The first-order valence-corrected chi connectivity index (χ1v) is 11.6. The van der Waals surface area contributed by atoms with Crippen molar-refractivity contribution >= 4 is 27.7 Å². The Morgan fingerprint density at radius 3 is 2.23 bits per heavy atom. The quantitative estimate of drug-likeness (QED) is 0.501. The zero-order valence-corrected chi connectivity index (χ0v) is 20.7. The number of hydrogen-bond acceptors (Lipinski definition) is 3. The van der Waals surface area contributed by atoms with Crippen molar-refractivity contribution in [1.82, 2.24) is 10.2 Å². The van der Waals surface area contributed by atoms with Gasteiger partial charge in [0.1, 0.15) is 11.8 Å². The largest absolute Gasteiger partial charge is 0.484 e. The molecular weight excluding hydrogens is 456 g/mol. The maximum atomic E-state index is 13.2. The molecule has 2 aromatic rings. The minimum absolute atomic E-state index is 0.0557. The van der Waals surface area contributed by atoms with Crippen molar-refractivity contribution in [3.05, 3.63) is 63.6 Å². The van der Waals surface area contributed by atoms with Crippen LogP contribution in [-0.2, 0) is 16.1 Å². The fourth-order valence-corrected chi connectivity index (χ4v) is 3.59. The van der Waals surface area contributed by atoms with E-state index < -0.39 is 6.04 Å². The Morgan fingerprint density at radius 2 is 1.68 bits per heavy atom. The highest BCUT2D eigenvalue weighted by Gasteiger charge is 2.29. The predicted octanol–water partition coefficient (Wildman–Crippen LogP) is 5.17. The number of nitrogens with one attached hydrogen (secondary N) is 1. The Morgan fingerprint density at radius 1 is 1.06 bits per heavy atom. The van der Waals surface area contributed by atoms with Crippen LogP contribution in [0.25, 0.3) is 0 Å². The van der Waals surface area contributed by atoms with E-state index in [0.717, 1.165) is 27.6 Å². The monoisotopic (exact) mass is 488 g/mol. The molecule has 0 saturated carbocycles. The summed E-state index contributed by atoms with van der Waals surface area (Å²) in [6, 6.07) is 13.0. The van der Waals surface area contributed by atoms with Gasteiger partial charge in [0.15, 0.2) is 6.61 Å². The molecule has 31 heavy (non-hydrogen) atoms. The molecule has 2 atom stereocenters. The number of ether oxygens (including phenoxy) is 1. The van der Waals surface area contributed by atoms with Crippen molar-refractivity contribution < 1.29 is 14.3 Å². The smallest absolute Gasteiger partial charge is 0.261 e. The van der Waals surface area contributed by atoms with Crippen LogP contribution in [0.1, 0.15) is 50.3 Å². The number of rotatable bonds is 10. The molecular formula is C25H33BrN2O3. The number of carbonyl (C=O) groups is 2. The van der Waals surface area contributed by atoms with Crippen molar-refractivity contribution in [1.29, 1.82) is 0 Å². The number of halogens is 1. The van der Waals surface area contributed by atoms with Crippen LogP contribution < -0.4 is 10.1 Å². The minimum Gasteiger partial charge on any atom is -0.484 e. The van der Waals surface area contributed by atoms with Gasteiger partial charge in [-0.2, -0.15) is 0 Å². The van der Waals surface area contributed by atoms with Crippen LogP contribution in [0.2, 0.25) is 0 Å². The average molecular weight is 489 g/mol. The lowest BCUT2D eigenvalue weighted by Gasteiger charge is -2.31. The van der Waals surface area contributed by atoms with E-state index in [-0.39, 0.29) is 24.5 Å². The molecule has 0 spiro atoms. The molecule has 0 bridgehead atoms.